The van der Waals surface area contributed by atoms with Crippen molar-refractivity contribution in [2.24, 2.45) is 0 Å². The van der Waals surface area contributed by atoms with Crippen LogP contribution in [0.4, 0.5) is 11.8 Å². The first kappa shape index (κ1) is 10.6. The fraction of sp³-hybridized carbons (Fsp3) is 0.500. The Morgan fingerprint density at radius 2 is 2.20 bits per heavy atom. The number of hydrazine groups is 1. The lowest BCUT2D eigenvalue weighted by molar-refractivity contribution is 0.0494. The van der Waals surface area contributed by atoms with Crippen molar-refractivity contribution in [3.05, 3.63) is 10.7 Å². The van der Waals surface area contributed by atoms with Gasteiger partial charge in [-0.15, -0.1) is 0 Å². The maximum absolute atomic E-state index is 5.51. The fourth-order valence-corrected chi connectivity index (χ4v) is 1.56. The van der Waals surface area contributed by atoms with Crippen molar-refractivity contribution >= 4 is 27.7 Å². The van der Waals surface area contributed by atoms with Crippen LogP contribution >= 0.6 is 15.9 Å². The largest absolute Gasteiger partial charge is 0.379 e. The number of nitrogens with one attached hydrogen (secondary N) is 1. The monoisotopic (exact) mass is 273 g/mol. The molecule has 2 heterocycles. The van der Waals surface area contributed by atoms with E-state index >= 15 is 0 Å². The molecule has 1 aromatic rings. The van der Waals surface area contributed by atoms with Crippen molar-refractivity contribution in [1.29, 1.82) is 0 Å². The minimum absolute atomic E-state index is 0.258. The van der Waals surface area contributed by atoms with E-state index in [2.05, 4.69) is 31.3 Å². The quantitative estimate of drug-likeness (QED) is 0.817. The van der Waals surface area contributed by atoms with Crippen LogP contribution in [0.3, 0.4) is 0 Å². The summed E-state index contributed by atoms with van der Waals surface area (Å²) < 4.78 is 6.04. The second kappa shape index (κ2) is 4.73. The Labute approximate surface area is 95.9 Å². The number of aromatic nitrogens is 2. The van der Waals surface area contributed by atoms with Crippen LogP contribution in [0.2, 0.25) is 0 Å². The Morgan fingerprint density at radius 3 is 2.93 bits per heavy atom. The molecule has 82 valence electrons. The first-order valence-corrected chi connectivity index (χ1v) is 5.42. The van der Waals surface area contributed by atoms with Crippen molar-refractivity contribution < 1.29 is 4.74 Å². The lowest BCUT2D eigenvalue weighted by atomic mass is 10.5. The summed E-state index contributed by atoms with van der Waals surface area (Å²) in [6.45, 7) is 3.11. The summed E-state index contributed by atoms with van der Waals surface area (Å²) >= 11 is 3.36. The summed E-state index contributed by atoms with van der Waals surface area (Å²) in [7, 11) is 0. The van der Waals surface area contributed by atoms with Gasteiger partial charge < -0.3 is 15.9 Å². The third-order valence-electron chi connectivity index (χ3n) is 2.04. The number of nitrogen functional groups attached to an aromatic ring is 1. The van der Waals surface area contributed by atoms with Gasteiger partial charge in [0.1, 0.15) is 0 Å². The van der Waals surface area contributed by atoms with Gasteiger partial charge in [0.2, 0.25) is 5.95 Å². The molecule has 1 aliphatic heterocycles. The number of hydrogen-bond donors (Lipinski definition) is 2. The zero-order valence-electron chi connectivity index (χ0n) is 8.11. The molecule has 0 radical (unpaired) electrons. The Hall–Kier alpha value is -0.920. The first-order valence-electron chi connectivity index (χ1n) is 4.63. The third kappa shape index (κ3) is 2.77. The maximum Gasteiger partial charge on any atom is 0.222 e. The van der Waals surface area contributed by atoms with Gasteiger partial charge in [0, 0.05) is 19.3 Å². The van der Waals surface area contributed by atoms with Gasteiger partial charge in [0.25, 0.3) is 0 Å². The van der Waals surface area contributed by atoms with E-state index in [9.17, 15) is 0 Å². The minimum Gasteiger partial charge on any atom is -0.379 e. The van der Waals surface area contributed by atoms with Crippen LogP contribution in [0.5, 0.6) is 0 Å². The fourth-order valence-electron chi connectivity index (χ4n) is 1.28. The molecule has 1 saturated heterocycles. The molecule has 2 rings (SSSR count). The molecular formula is C8H12BrN5O. The van der Waals surface area contributed by atoms with Crippen LogP contribution < -0.4 is 11.2 Å². The number of nitrogens with zero attached hydrogens (tertiary/aromatic N) is 3. The van der Waals surface area contributed by atoms with Gasteiger partial charge in [0.15, 0.2) is 5.82 Å². The summed E-state index contributed by atoms with van der Waals surface area (Å²) in [5, 5.41) is 2.04. The Morgan fingerprint density at radius 1 is 1.47 bits per heavy atom. The highest BCUT2D eigenvalue weighted by atomic mass is 79.9. The molecule has 1 aliphatic rings. The first-order chi connectivity index (χ1) is 7.25. The standard InChI is InChI=1S/C8H12BrN5O/c9-6-5-11-8(10)12-7(6)13-14-1-3-15-4-2-14/h5H,1-4H2,(H3,10,11,12,13). The van der Waals surface area contributed by atoms with Gasteiger partial charge in [-0.3, -0.25) is 0 Å². The van der Waals surface area contributed by atoms with E-state index in [0.717, 1.165) is 30.8 Å². The molecule has 3 N–H and O–H groups in total. The zero-order chi connectivity index (χ0) is 10.7. The normalized spacial score (nSPS) is 17.7. The van der Waals surface area contributed by atoms with Crippen LogP contribution in [-0.2, 0) is 4.74 Å². The van der Waals surface area contributed by atoms with Crippen LogP contribution in [0, 0.1) is 0 Å². The lowest BCUT2D eigenvalue weighted by Crippen LogP contribution is -2.40. The molecule has 0 aromatic carbocycles. The summed E-state index contributed by atoms with van der Waals surface area (Å²) in [6.07, 6.45) is 1.63. The topological polar surface area (TPSA) is 76.3 Å². The van der Waals surface area contributed by atoms with Gasteiger partial charge >= 0.3 is 0 Å². The predicted molar refractivity (Wildman–Crippen MR) is 60.2 cm³/mol. The molecule has 6 nitrogen and oxygen atoms in total. The molecule has 0 saturated carbocycles. The molecule has 0 spiro atoms. The van der Waals surface area contributed by atoms with Gasteiger partial charge in [-0.25, -0.2) is 9.99 Å². The molecule has 1 fully saturated rings. The number of anilines is 2. The number of nitrogens with two attached hydrogens (primary N) is 1. The van der Waals surface area contributed by atoms with E-state index in [1.807, 2.05) is 5.01 Å². The van der Waals surface area contributed by atoms with E-state index in [4.69, 9.17) is 10.5 Å². The number of hydrogen-bond acceptors (Lipinski definition) is 6. The van der Waals surface area contributed by atoms with E-state index < -0.39 is 0 Å². The maximum atomic E-state index is 5.51. The SMILES string of the molecule is Nc1ncc(Br)c(NN2CCOCC2)n1. The Kier molecular flexibility index (Phi) is 3.34. The van der Waals surface area contributed by atoms with Gasteiger partial charge in [-0.1, -0.05) is 0 Å². The van der Waals surface area contributed by atoms with Crippen molar-refractivity contribution in [3.8, 4) is 0 Å². The van der Waals surface area contributed by atoms with Crippen molar-refractivity contribution in [2.45, 2.75) is 0 Å². The molecule has 0 bridgehead atoms. The molecular weight excluding hydrogens is 262 g/mol. The average Bonchev–Trinajstić information content (AvgIpc) is 2.25. The van der Waals surface area contributed by atoms with E-state index in [1.54, 1.807) is 6.20 Å². The number of halogens is 1. The molecule has 0 amide bonds. The number of morpholine rings is 1. The number of rotatable bonds is 2. The highest BCUT2D eigenvalue weighted by Gasteiger charge is 2.12. The van der Waals surface area contributed by atoms with E-state index in [0.29, 0.717) is 5.82 Å². The van der Waals surface area contributed by atoms with Crippen LogP contribution in [0.1, 0.15) is 0 Å². The summed E-state index contributed by atoms with van der Waals surface area (Å²) in [4.78, 5) is 7.96. The molecule has 7 heteroatoms. The van der Waals surface area contributed by atoms with Crippen LogP contribution in [0.15, 0.2) is 10.7 Å². The second-order valence-corrected chi connectivity index (χ2v) is 3.99. The van der Waals surface area contributed by atoms with Crippen LogP contribution in [0.25, 0.3) is 0 Å². The Bertz CT molecular complexity index is 342. The molecule has 1 aromatic heterocycles. The highest BCUT2D eigenvalue weighted by molar-refractivity contribution is 9.10. The molecule has 15 heavy (non-hydrogen) atoms. The third-order valence-corrected chi connectivity index (χ3v) is 2.62. The Balaban J connectivity index is 2.05. The van der Waals surface area contributed by atoms with Crippen molar-refractivity contribution in [2.75, 3.05) is 37.5 Å². The van der Waals surface area contributed by atoms with Gasteiger partial charge in [-0.05, 0) is 15.9 Å². The predicted octanol–water partition coefficient (Wildman–Crippen LogP) is 0.480. The van der Waals surface area contributed by atoms with E-state index in [-0.39, 0.29) is 5.95 Å². The summed E-state index contributed by atoms with van der Waals surface area (Å²) in [6, 6.07) is 0. The van der Waals surface area contributed by atoms with Crippen molar-refractivity contribution in [1.82, 2.24) is 15.0 Å². The molecule has 0 aliphatic carbocycles. The smallest absolute Gasteiger partial charge is 0.222 e. The zero-order valence-corrected chi connectivity index (χ0v) is 9.70. The highest BCUT2D eigenvalue weighted by Crippen LogP contribution is 2.19. The van der Waals surface area contributed by atoms with E-state index in [1.165, 1.54) is 0 Å². The summed E-state index contributed by atoms with van der Waals surface area (Å²) in [5.74, 6) is 0.943. The second-order valence-electron chi connectivity index (χ2n) is 3.14. The van der Waals surface area contributed by atoms with Gasteiger partial charge in [0.05, 0.1) is 17.7 Å². The van der Waals surface area contributed by atoms with Crippen LogP contribution in [-0.4, -0.2) is 41.3 Å². The molecule has 0 atom stereocenters. The van der Waals surface area contributed by atoms with Gasteiger partial charge in [-0.2, -0.15) is 4.98 Å². The average molecular weight is 274 g/mol. The molecule has 0 unspecified atom stereocenters. The minimum atomic E-state index is 0.258. The summed E-state index contributed by atoms with van der Waals surface area (Å²) in [5.41, 5.74) is 8.67. The lowest BCUT2D eigenvalue weighted by Gasteiger charge is -2.27. The van der Waals surface area contributed by atoms with Crippen molar-refractivity contribution in [3.63, 3.8) is 0 Å². The number of ether oxygens (including phenoxy) is 1.